The zero-order valence-corrected chi connectivity index (χ0v) is 13.4. The van der Waals surface area contributed by atoms with Crippen LogP contribution in [0.15, 0.2) is 35.7 Å². The first-order chi connectivity index (χ1) is 9.99. The first-order valence-electron chi connectivity index (χ1n) is 6.00. The number of hydrogen-bond acceptors (Lipinski definition) is 3. The zero-order valence-electron chi connectivity index (χ0n) is 11.1. The number of carboxylic acid groups (broad SMARTS) is 1. The Morgan fingerprint density at radius 2 is 2.14 bits per heavy atom. The largest absolute Gasteiger partial charge is 0.496 e. The molecule has 2 aromatic rings. The molecule has 2 rings (SSSR count). The number of allylic oxidation sites excluding steroid dienone is 1. The molecule has 1 aromatic carbocycles. The highest BCUT2D eigenvalue weighted by molar-refractivity contribution is 7.10. The fourth-order valence-electron chi connectivity index (χ4n) is 1.87. The van der Waals surface area contributed by atoms with Crippen LogP contribution in [0.5, 0.6) is 5.75 Å². The molecule has 0 saturated heterocycles. The predicted molar refractivity (Wildman–Crippen MR) is 86.6 cm³/mol. The van der Waals surface area contributed by atoms with E-state index in [0.29, 0.717) is 27.6 Å². The monoisotopic (exact) mass is 342 g/mol. The Morgan fingerprint density at radius 1 is 1.38 bits per heavy atom. The van der Waals surface area contributed by atoms with E-state index in [9.17, 15) is 4.79 Å². The van der Waals surface area contributed by atoms with Gasteiger partial charge in [-0.25, -0.2) is 4.79 Å². The second kappa shape index (κ2) is 6.98. The molecule has 1 aromatic heterocycles. The Kier molecular flexibility index (Phi) is 5.28. The SMILES string of the molecule is COc1csc(C/C(=C/C(=O)O)c2ccc(Cl)cc2Cl)c1. The van der Waals surface area contributed by atoms with Gasteiger partial charge < -0.3 is 9.84 Å². The second-order valence-electron chi connectivity index (χ2n) is 4.26. The van der Waals surface area contributed by atoms with E-state index in [-0.39, 0.29) is 0 Å². The van der Waals surface area contributed by atoms with Gasteiger partial charge in [0.2, 0.25) is 0 Å². The van der Waals surface area contributed by atoms with Gasteiger partial charge in [0.1, 0.15) is 5.75 Å². The number of rotatable bonds is 5. The van der Waals surface area contributed by atoms with Crippen molar-refractivity contribution in [3.8, 4) is 5.75 Å². The summed E-state index contributed by atoms with van der Waals surface area (Å²) in [4.78, 5) is 12.0. The summed E-state index contributed by atoms with van der Waals surface area (Å²) in [6.07, 6.45) is 1.63. The van der Waals surface area contributed by atoms with E-state index >= 15 is 0 Å². The number of ether oxygens (including phenoxy) is 1. The lowest BCUT2D eigenvalue weighted by atomic mass is 10.0. The molecule has 0 amide bonds. The van der Waals surface area contributed by atoms with Crippen LogP contribution in [0.25, 0.3) is 5.57 Å². The van der Waals surface area contributed by atoms with E-state index in [2.05, 4.69) is 0 Å². The number of carboxylic acids is 1. The first-order valence-corrected chi connectivity index (χ1v) is 7.63. The Hall–Kier alpha value is -1.49. The van der Waals surface area contributed by atoms with Crippen molar-refractivity contribution in [2.75, 3.05) is 7.11 Å². The molecule has 21 heavy (non-hydrogen) atoms. The van der Waals surface area contributed by atoms with Crippen molar-refractivity contribution in [3.63, 3.8) is 0 Å². The molecule has 1 heterocycles. The van der Waals surface area contributed by atoms with Crippen molar-refractivity contribution < 1.29 is 14.6 Å². The van der Waals surface area contributed by atoms with Crippen LogP contribution in [0.3, 0.4) is 0 Å². The third-order valence-corrected chi connectivity index (χ3v) is 4.27. The van der Waals surface area contributed by atoms with Crippen molar-refractivity contribution in [2.24, 2.45) is 0 Å². The molecule has 6 heteroatoms. The van der Waals surface area contributed by atoms with Gasteiger partial charge in [-0.2, -0.15) is 0 Å². The highest BCUT2D eigenvalue weighted by Gasteiger charge is 2.12. The van der Waals surface area contributed by atoms with Crippen LogP contribution < -0.4 is 4.74 Å². The second-order valence-corrected chi connectivity index (χ2v) is 6.10. The molecule has 0 radical (unpaired) electrons. The van der Waals surface area contributed by atoms with Crippen LogP contribution in [0, 0.1) is 0 Å². The van der Waals surface area contributed by atoms with Gasteiger partial charge in [0, 0.05) is 32.8 Å². The van der Waals surface area contributed by atoms with E-state index < -0.39 is 5.97 Å². The minimum Gasteiger partial charge on any atom is -0.496 e. The standard InChI is InChI=1S/C15H12Cl2O3S/c1-20-11-7-12(21-8-11)4-9(5-15(18)19)13-3-2-10(16)6-14(13)17/h2-3,5-8H,4H2,1H3,(H,18,19)/b9-5-. The molecule has 0 bridgehead atoms. The minimum atomic E-state index is -1.01. The molecule has 0 spiro atoms. The molecule has 0 aliphatic rings. The molecular weight excluding hydrogens is 331 g/mol. The van der Waals surface area contributed by atoms with Crippen LogP contribution in [0.2, 0.25) is 10.0 Å². The number of carbonyl (C=O) groups is 1. The van der Waals surface area contributed by atoms with Crippen molar-refractivity contribution in [3.05, 3.63) is 56.2 Å². The summed E-state index contributed by atoms with van der Waals surface area (Å²) in [7, 11) is 1.59. The number of thiophene rings is 1. The number of halogens is 2. The Balaban J connectivity index is 2.37. The lowest BCUT2D eigenvalue weighted by Gasteiger charge is -2.08. The summed E-state index contributed by atoms with van der Waals surface area (Å²) in [5, 5.41) is 11.9. The summed E-state index contributed by atoms with van der Waals surface area (Å²) in [5.41, 5.74) is 1.28. The molecule has 3 nitrogen and oxygen atoms in total. The van der Waals surface area contributed by atoms with E-state index in [1.807, 2.05) is 11.4 Å². The average molecular weight is 343 g/mol. The normalized spacial score (nSPS) is 11.5. The third kappa shape index (κ3) is 4.24. The van der Waals surface area contributed by atoms with Crippen molar-refractivity contribution in [2.45, 2.75) is 6.42 Å². The van der Waals surface area contributed by atoms with E-state index in [1.54, 1.807) is 25.3 Å². The average Bonchev–Trinajstić information content (AvgIpc) is 2.85. The quantitative estimate of drug-likeness (QED) is 0.795. The molecule has 0 aliphatic heterocycles. The lowest BCUT2D eigenvalue weighted by Crippen LogP contribution is -1.96. The van der Waals surface area contributed by atoms with Crippen LogP contribution in [0.4, 0.5) is 0 Å². The van der Waals surface area contributed by atoms with Gasteiger partial charge in [-0.1, -0.05) is 29.3 Å². The lowest BCUT2D eigenvalue weighted by molar-refractivity contribution is -0.131. The van der Waals surface area contributed by atoms with E-state index in [4.69, 9.17) is 33.0 Å². The van der Waals surface area contributed by atoms with Crippen molar-refractivity contribution in [1.82, 2.24) is 0 Å². The molecule has 0 unspecified atom stereocenters. The van der Waals surface area contributed by atoms with Crippen molar-refractivity contribution in [1.29, 1.82) is 0 Å². The van der Waals surface area contributed by atoms with Gasteiger partial charge in [-0.3, -0.25) is 0 Å². The Morgan fingerprint density at radius 3 is 2.71 bits per heavy atom. The molecule has 1 N–H and O–H groups in total. The van der Waals surface area contributed by atoms with Gasteiger partial charge in [-0.15, -0.1) is 11.3 Å². The molecule has 0 saturated carbocycles. The summed E-state index contributed by atoms with van der Waals surface area (Å²) < 4.78 is 5.13. The summed E-state index contributed by atoms with van der Waals surface area (Å²) in [6, 6.07) is 6.89. The highest BCUT2D eigenvalue weighted by atomic mass is 35.5. The smallest absolute Gasteiger partial charge is 0.328 e. The number of methoxy groups -OCH3 is 1. The van der Waals surface area contributed by atoms with Crippen LogP contribution >= 0.6 is 34.5 Å². The number of hydrogen-bond donors (Lipinski definition) is 1. The topological polar surface area (TPSA) is 46.5 Å². The highest BCUT2D eigenvalue weighted by Crippen LogP contribution is 2.32. The minimum absolute atomic E-state index is 0.429. The Bertz CT molecular complexity index is 692. The van der Waals surface area contributed by atoms with Gasteiger partial charge in [0.15, 0.2) is 0 Å². The fraction of sp³-hybridized carbons (Fsp3) is 0.133. The van der Waals surface area contributed by atoms with Crippen LogP contribution in [-0.4, -0.2) is 18.2 Å². The van der Waals surface area contributed by atoms with Crippen LogP contribution in [-0.2, 0) is 11.2 Å². The molecule has 0 atom stereocenters. The number of benzene rings is 1. The van der Waals surface area contributed by atoms with E-state index in [0.717, 1.165) is 10.6 Å². The van der Waals surface area contributed by atoms with Gasteiger partial charge >= 0.3 is 5.97 Å². The summed E-state index contributed by atoms with van der Waals surface area (Å²) >= 11 is 13.5. The molecule has 110 valence electrons. The number of aliphatic carboxylic acids is 1. The molecular formula is C15H12Cl2O3S. The Labute approximate surface area is 136 Å². The molecule has 0 fully saturated rings. The van der Waals surface area contributed by atoms with Crippen molar-refractivity contribution >= 4 is 46.1 Å². The zero-order chi connectivity index (χ0) is 15.4. The van der Waals surface area contributed by atoms with Gasteiger partial charge in [0.25, 0.3) is 0 Å². The van der Waals surface area contributed by atoms with Gasteiger partial charge in [0.05, 0.1) is 7.11 Å². The summed E-state index contributed by atoms with van der Waals surface area (Å²) in [5.74, 6) is -0.258. The fourth-order valence-corrected chi connectivity index (χ4v) is 3.26. The van der Waals surface area contributed by atoms with Gasteiger partial charge in [-0.05, 0) is 29.3 Å². The maximum atomic E-state index is 11.0. The maximum Gasteiger partial charge on any atom is 0.328 e. The maximum absolute atomic E-state index is 11.0. The van der Waals surface area contributed by atoms with E-state index in [1.165, 1.54) is 17.4 Å². The van der Waals surface area contributed by atoms with Crippen LogP contribution in [0.1, 0.15) is 10.4 Å². The summed E-state index contributed by atoms with van der Waals surface area (Å²) in [6.45, 7) is 0. The third-order valence-electron chi connectivity index (χ3n) is 2.80. The molecule has 0 aliphatic carbocycles. The predicted octanol–water partition coefficient (Wildman–Crippen LogP) is 4.77. The first kappa shape index (κ1) is 15.9.